The monoisotopic (exact) mass is 190 g/mol. The number of aliphatic hydroxyl groups excluding tert-OH is 2. The van der Waals surface area contributed by atoms with Gasteiger partial charge in [-0.05, 0) is 0 Å². The van der Waals surface area contributed by atoms with Crippen LogP contribution in [0.4, 0.5) is 17.6 Å². The van der Waals surface area contributed by atoms with E-state index in [1.165, 1.54) is 0 Å². The van der Waals surface area contributed by atoms with Gasteiger partial charge in [-0.1, -0.05) is 0 Å². The second kappa shape index (κ2) is 5.31. The molecule has 74 valence electrons. The molecule has 0 radical (unpaired) electrons. The van der Waals surface area contributed by atoms with Gasteiger partial charge in [-0.2, -0.15) is 0 Å². The van der Waals surface area contributed by atoms with Crippen LogP contribution in [-0.4, -0.2) is 35.3 Å². The van der Waals surface area contributed by atoms with Crippen molar-refractivity contribution in [1.82, 2.24) is 0 Å². The van der Waals surface area contributed by atoms with Gasteiger partial charge in [0.05, 0.1) is 6.10 Å². The van der Waals surface area contributed by atoms with Crippen molar-refractivity contribution in [3.63, 3.8) is 0 Å². The molecule has 0 saturated carbocycles. The topological polar surface area (TPSA) is 40.5 Å². The SMILES string of the molecule is OC(CC(F)F)C[C@@H](O)C(F)F. The number of halogens is 4. The van der Waals surface area contributed by atoms with E-state index in [1.807, 2.05) is 0 Å². The lowest BCUT2D eigenvalue weighted by Crippen LogP contribution is -2.25. The number of aliphatic hydroxyl groups is 2. The quantitative estimate of drug-likeness (QED) is 0.635. The predicted molar refractivity (Wildman–Crippen MR) is 33.3 cm³/mol. The Bertz CT molecular complexity index is 120. The third kappa shape index (κ3) is 5.31. The smallest absolute Gasteiger partial charge is 0.264 e. The Hall–Kier alpha value is -0.360. The molecule has 12 heavy (non-hydrogen) atoms. The van der Waals surface area contributed by atoms with Crippen LogP contribution in [0.25, 0.3) is 0 Å². The highest BCUT2D eigenvalue weighted by Gasteiger charge is 2.22. The first-order chi connectivity index (χ1) is 5.43. The van der Waals surface area contributed by atoms with Crippen molar-refractivity contribution >= 4 is 0 Å². The van der Waals surface area contributed by atoms with Crippen molar-refractivity contribution in [2.45, 2.75) is 37.9 Å². The lowest BCUT2D eigenvalue weighted by Gasteiger charge is -2.13. The van der Waals surface area contributed by atoms with Crippen LogP contribution in [0.1, 0.15) is 12.8 Å². The fraction of sp³-hybridized carbons (Fsp3) is 1.00. The van der Waals surface area contributed by atoms with Crippen molar-refractivity contribution in [2.75, 3.05) is 0 Å². The van der Waals surface area contributed by atoms with Gasteiger partial charge in [0.15, 0.2) is 0 Å². The van der Waals surface area contributed by atoms with E-state index in [-0.39, 0.29) is 0 Å². The van der Waals surface area contributed by atoms with Crippen LogP contribution in [-0.2, 0) is 0 Å². The second-order valence-corrected chi connectivity index (χ2v) is 2.42. The average Bonchev–Trinajstić information content (AvgIpc) is 1.84. The van der Waals surface area contributed by atoms with E-state index in [1.54, 1.807) is 0 Å². The third-order valence-corrected chi connectivity index (χ3v) is 1.25. The van der Waals surface area contributed by atoms with E-state index < -0.39 is 37.9 Å². The van der Waals surface area contributed by atoms with Crippen LogP contribution in [0.2, 0.25) is 0 Å². The zero-order valence-electron chi connectivity index (χ0n) is 6.13. The fourth-order valence-corrected chi connectivity index (χ4v) is 0.684. The van der Waals surface area contributed by atoms with Crippen LogP contribution in [0.5, 0.6) is 0 Å². The minimum absolute atomic E-state index is 0.720. The first-order valence-electron chi connectivity index (χ1n) is 3.36. The fourth-order valence-electron chi connectivity index (χ4n) is 0.684. The van der Waals surface area contributed by atoms with E-state index in [0.717, 1.165) is 0 Å². The molecule has 6 heteroatoms. The van der Waals surface area contributed by atoms with Gasteiger partial charge in [0.1, 0.15) is 6.10 Å². The van der Waals surface area contributed by atoms with Gasteiger partial charge in [0, 0.05) is 12.8 Å². The van der Waals surface area contributed by atoms with Crippen molar-refractivity contribution < 1.29 is 27.8 Å². The van der Waals surface area contributed by atoms with Gasteiger partial charge in [0.25, 0.3) is 6.43 Å². The van der Waals surface area contributed by atoms with Gasteiger partial charge >= 0.3 is 0 Å². The summed E-state index contributed by atoms with van der Waals surface area (Å²) in [5.74, 6) is 0. The molecule has 2 atom stereocenters. The van der Waals surface area contributed by atoms with Crippen molar-refractivity contribution in [1.29, 1.82) is 0 Å². The van der Waals surface area contributed by atoms with E-state index in [9.17, 15) is 17.6 Å². The van der Waals surface area contributed by atoms with E-state index in [4.69, 9.17) is 10.2 Å². The number of alkyl halides is 4. The maximum Gasteiger partial charge on any atom is 0.264 e. The van der Waals surface area contributed by atoms with Crippen LogP contribution in [0.15, 0.2) is 0 Å². The highest BCUT2D eigenvalue weighted by Crippen LogP contribution is 2.12. The minimum atomic E-state index is -3.00. The summed E-state index contributed by atoms with van der Waals surface area (Å²) in [5.41, 5.74) is 0. The Morgan fingerprint density at radius 3 is 1.75 bits per heavy atom. The average molecular weight is 190 g/mol. The molecule has 0 aromatic carbocycles. The summed E-state index contributed by atoms with van der Waals surface area (Å²) in [6, 6.07) is 0. The van der Waals surface area contributed by atoms with Crippen LogP contribution in [0.3, 0.4) is 0 Å². The molecule has 0 rings (SSSR count). The molecule has 0 heterocycles. The Morgan fingerprint density at radius 1 is 0.917 bits per heavy atom. The second-order valence-electron chi connectivity index (χ2n) is 2.42. The first kappa shape index (κ1) is 11.6. The summed E-state index contributed by atoms with van der Waals surface area (Å²) in [6.07, 6.45) is -11.0. The molecule has 0 aliphatic heterocycles. The summed E-state index contributed by atoms with van der Waals surface area (Å²) in [7, 11) is 0. The molecule has 0 aliphatic rings. The van der Waals surface area contributed by atoms with E-state index in [2.05, 4.69) is 0 Å². The van der Waals surface area contributed by atoms with Gasteiger partial charge in [0.2, 0.25) is 6.43 Å². The molecule has 0 aliphatic carbocycles. The number of hydrogen-bond acceptors (Lipinski definition) is 2. The third-order valence-electron chi connectivity index (χ3n) is 1.25. The Morgan fingerprint density at radius 2 is 1.42 bits per heavy atom. The van der Waals surface area contributed by atoms with E-state index >= 15 is 0 Å². The van der Waals surface area contributed by atoms with E-state index in [0.29, 0.717) is 0 Å². The predicted octanol–water partition coefficient (Wildman–Crippen LogP) is 1.02. The largest absolute Gasteiger partial charge is 0.393 e. The highest BCUT2D eigenvalue weighted by molar-refractivity contribution is 4.65. The molecular weight excluding hydrogens is 180 g/mol. The van der Waals surface area contributed by atoms with Crippen molar-refractivity contribution in [2.24, 2.45) is 0 Å². The van der Waals surface area contributed by atoms with Crippen LogP contribution < -0.4 is 0 Å². The molecule has 0 spiro atoms. The molecule has 0 amide bonds. The molecule has 2 N–H and O–H groups in total. The summed E-state index contributed by atoms with van der Waals surface area (Å²) in [6.45, 7) is 0. The van der Waals surface area contributed by atoms with Gasteiger partial charge in [-0.25, -0.2) is 17.6 Å². The highest BCUT2D eigenvalue weighted by atomic mass is 19.3. The zero-order chi connectivity index (χ0) is 9.72. The molecule has 1 unspecified atom stereocenters. The lowest BCUT2D eigenvalue weighted by atomic mass is 10.1. The summed E-state index contributed by atoms with van der Waals surface area (Å²) >= 11 is 0. The van der Waals surface area contributed by atoms with Crippen molar-refractivity contribution in [3.05, 3.63) is 0 Å². The molecule has 0 aromatic heterocycles. The first-order valence-corrected chi connectivity index (χ1v) is 3.36. The summed E-state index contributed by atoms with van der Waals surface area (Å²) in [5, 5.41) is 17.1. The molecular formula is C6H10F4O2. The normalized spacial score (nSPS) is 17.0. The molecule has 2 nitrogen and oxygen atoms in total. The van der Waals surface area contributed by atoms with Gasteiger partial charge < -0.3 is 10.2 Å². The number of rotatable bonds is 5. The maximum atomic E-state index is 11.6. The standard InChI is InChI=1S/C6H10F4O2/c7-5(8)2-3(11)1-4(12)6(9)10/h3-6,11-12H,1-2H2/t3?,4-/m1/s1. The van der Waals surface area contributed by atoms with Gasteiger partial charge in [-0.3, -0.25) is 0 Å². The zero-order valence-corrected chi connectivity index (χ0v) is 6.13. The Kier molecular flexibility index (Phi) is 5.16. The Labute approximate surface area is 66.8 Å². The minimum Gasteiger partial charge on any atom is -0.393 e. The van der Waals surface area contributed by atoms with Crippen LogP contribution >= 0.6 is 0 Å². The Balaban J connectivity index is 3.61. The molecule has 0 aromatic rings. The summed E-state index contributed by atoms with van der Waals surface area (Å²) in [4.78, 5) is 0. The number of hydrogen-bond donors (Lipinski definition) is 2. The van der Waals surface area contributed by atoms with Gasteiger partial charge in [-0.15, -0.1) is 0 Å². The van der Waals surface area contributed by atoms with Crippen LogP contribution in [0, 0.1) is 0 Å². The maximum absolute atomic E-state index is 11.6. The summed E-state index contributed by atoms with van der Waals surface area (Å²) < 4.78 is 46.2. The molecule has 0 fully saturated rings. The molecule has 0 bridgehead atoms. The van der Waals surface area contributed by atoms with Crippen molar-refractivity contribution in [3.8, 4) is 0 Å². The molecule has 0 saturated heterocycles. The lowest BCUT2D eigenvalue weighted by molar-refractivity contribution is -0.0416.